The monoisotopic (exact) mass is 312 g/mol. The van der Waals surface area contributed by atoms with E-state index in [1.807, 2.05) is 0 Å². The van der Waals surface area contributed by atoms with Crippen LogP contribution in [0.5, 0.6) is 0 Å². The molecule has 3 N–H and O–H groups in total. The van der Waals surface area contributed by atoms with Crippen molar-refractivity contribution in [2.24, 2.45) is 5.92 Å². The second-order valence-corrected chi connectivity index (χ2v) is 6.43. The number of allylic oxidation sites excluding steroid dienone is 1. The zero-order valence-corrected chi connectivity index (χ0v) is 13.5. The molecular formula is C15H24N2O5. The number of likely N-dealkylation sites (tertiary alicyclic amines) is 1. The summed E-state index contributed by atoms with van der Waals surface area (Å²) in [7, 11) is 0. The summed E-state index contributed by atoms with van der Waals surface area (Å²) in [5.41, 5.74) is -1.10. The Balaban J connectivity index is 2.73. The lowest BCUT2D eigenvalue weighted by Crippen LogP contribution is -2.42. The number of carbonyl (C=O) groups excluding carboxylic acids is 1. The standard InChI is InChI=1S/C15H24N2O5/c1-9(16)11(13(19)20)12(18)10-5-7-17(8-6-10)14(21)22-15(2,3)4/h10,16,18H,5-8H2,1-4H3,(H,19,20)/b12-11+,16-9?. The third kappa shape index (κ3) is 4.75. The molecule has 0 unspecified atom stereocenters. The van der Waals surface area contributed by atoms with Crippen molar-refractivity contribution >= 4 is 17.8 Å². The van der Waals surface area contributed by atoms with E-state index < -0.39 is 17.7 Å². The summed E-state index contributed by atoms with van der Waals surface area (Å²) in [5.74, 6) is -1.94. The molecule has 1 saturated heterocycles. The van der Waals surface area contributed by atoms with E-state index in [0.717, 1.165) is 0 Å². The van der Waals surface area contributed by atoms with Crippen molar-refractivity contribution in [3.05, 3.63) is 11.3 Å². The number of rotatable bonds is 3. The Labute approximate surface area is 130 Å². The first-order valence-corrected chi connectivity index (χ1v) is 7.22. The number of hydrogen-bond acceptors (Lipinski definition) is 5. The van der Waals surface area contributed by atoms with Crippen LogP contribution in [0.1, 0.15) is 40.5 Å². The van der Waals surface area contributed by atoms with Crippen LogP contribution in [0.4, 0.5) is 4.79 Å². The van der Waals surface area contributed by atoms with Gasteiger partial charge in [-0.05, 0) is 40.5 Å². The minimum atomic E-state index is -1.31. The second kappa shape index (κ2) is 6.81. The third-order valence-electron chi connectivity index (χ3n) is 3.38. The fraction of sp³-hybridized carbons (Fsp3) is 0.667. The van der Waals surface area contributed by atoms with Crippen LogP contribution < -0.4 is 0 Å². The molecule has 0 aromatic carbocycles. The van der Waals surface area contributed by atoms with Gasteiger partial charge in [-0.1, -0.05) is 0 Å². The lowest BCUT2D eigenvalue weighted by molar-refractivity contribution is -0.132. The number of amides is 1. The molecule has 0 atom stereocenters. The summed E-state index contributed by atoms with van der Waals surface area (Å²) in [6.07, 6.45) is 0.473. The Hall–Kier alpha value is -2.05. The highest BCUT2D eigenvalue weighted by atomic mass is 16.6. The number of carbonyl (C=O) groups is 2. The van der Waals surface area contributed by atoms with Crippen LogP contribution >= 0.6 is 0 Å². The fourth-order valence-corrected chi connectivity index (χ4v) is 2.33. The predicted molar refractivity (Wildman–Crippen MR) is 81.2 cm³/mol. The first-order valence-electron chi connectivity index (χ1n) is 7.22. The molecule has 22 heavy (non-hydrogen) atoms. The van der Waals surface area contributed by atoms with Gasteiger partial charge in [0.1, 0.15) is 16.9 Å². The van der Waals surface area contributed by atoms with E-state index in [9.17, 15) is 14.7 Å². The molecular weight excluding hydrogens is 288 g/mol. The van der Waals surface area contributed by atoms with Gasteiger partial charge in [-0.2, -0.15) is 0 Å². The van der Waals surface area contributed by atoms with Crippen LogP contribution in [0.3, 0.4) is 0 Å². The average Bonchev–Trinajstić information content (AvgIpc) is 2.35. The first-order chi connectivity index (χ1) is 10.0. The average molecular weight is 312 g/mol. The molecule has 1 rings (SSSR count). The number of aliphatic carboxylic acids is 1. The molecule has 0 aromatic heterocycles. The molecule has 1 amide bonds. The molecule has 1 fully saturated rings. The quantitative estimate of drug-likeness (QED) is 0.421. The van der Waals surface area contributed by atoms with E-state index in [4.69, 9.17) is 15.3 Å². The van der Waals surface area contributed by atoms with E-state index in [1.54, 1.807) is 25.7 Å². The van der Waals surface area contributed by atoms with Gasteiger partial charge in [-0.25, -0.2) is 9.59 Å². The van der Waals surface area contributed by atoms with E-state index in [2.05, 4.69) is 0 Å². The van der Waals surface area contributed by atoms with Crippen LogP contribution in [0.25, 0.3) is 0 Å². The minimum Gasteiger partial charge on any atom is -0.511 e. The smallest absolute Gasteiger partial charge is 0.410 e. The molecule has 1 aliphatic heterocycles. The summed E-state index contributed by atoms with van der Waals surface area (Å²) < 4.78 is 5.28. The molecule has 1 aliphatic rings. The lowest BCUT2D eigenvalue weighted by atomic mass is 9.91. The predicted octanol–water partition coefficient (Wildman–Crippen LogP) is 2.57. The molecule has 0 radical (unpaired) electrons. The maximum absolute atomic E-state index is 11.9. The number of hydrogen-bond donors (Lipinski definition) is 3. The first kappa shape index (κ1) is 18.0. The zero-order valence-electron chi connectivity index (χ0n) is 13.5. The van der Waals surface area contributed by atoms with Gasteiger partial charge in [0.15, 0.2) is 0 Å². The van der Waals surface area contributed by atoms with E-state index in [1.165, 1.54) is 6.92 Å². The fourth-order valence-electron chi connectivity index (χ4n) is 2.33. The van der Waals surface area contributed by atoms with Gasteiger partial charge in [-0.15, -0.1) is 0 Å². The van der Waals surface area contributed by atoms with Gasteiger partial charge >= 0.3 is 12.1 Å². The summed E-state index contributed by atoms with van der Waals surface area (Å²) in [4.78, 5) is 24.6. The SMILES string of the molecule is CC(=N)/C(C(=O)O)=C(\O)C1CCN(C(=O)OC(C)(C)C)CC1. The Bertz CT molecular complexity index is 481. The van der Waals surface area contributed by atoms with Gasteiger partial charge in [0.2, 0.25) is 0 Å². The van der Waals surface area contributed by atoms with E-state index in [0.29, 0.717) is 25.9 Å². The molecule has 0 spiro atoms. The largest absolute Gasteiger partial charge is 0.511 e. The summed E-state index contributed by atoms with van der Waals surface area (Å²) in [5, 5.41) is 26.6. The van der Waals surface area contributed by atoms with Crippen molar-refractivity contribution in [1.29, 1.82) is 5.41 Å². The van der Waals surface area contributed by atoms with Crippen LogP contribution in [0, 0.1) is 11.3 Å². The van der Waals surface area contributed by atoms with Crippen molar-refractivity contribution in [1.82, 2.24) is 4.90 Å². The van der Waals surface area contributed by atoms with Crippen LogP contribution in [0.2, 0.25) is 0 Å². The Morgan fingerprint density at radius 3 is 2.05 bits per heavy atom. The summed E-state index contributed by atoms with van der Waals surface area (Å²) >= 11 is 0. The van der Waals surface area contributed by atoms with Gasteiger partial charge < -0.3 is 25.3 Å². The van der Waals surface area contributed by atoms with Crippen LogP contribution in [-0.2, 0) is 9.53 Å². The maximum atomic E-state index is 11.9. The zero-order chi connectivity index (χ0) is 17.1. The van der Waals surface area contributed by atoms with Gasteiger partial charge in [-0.3, -0.25) is 0 Å². The number of aliphatic hydroxyl groups is 1. The van der Waals surface area contributed by atoms with Crippen molar-refractivity contribution in [3.63, 3.8) is 0 Å². The number of ether oxygens (including phenoxy) is 1. The van der Waals surface area contributed by atoms with Crippen molar-refractivity contribution in [3.8, 4) is 0 Å². The Morgan fingerprint density at radius 2 is 1.68 bits per heavy atom. The summed E-state index contributed by atoms with van der Waals surface area (Å²) in [6.45, 7) is 7.46. The minimum absolute atomic E-state index is 0.181. The molecule has 7 nitrogen and oxygen atoms in total. The third-order valence-corrected chi connectivity index (χ3v) is 3.38. The normalized spacial score (nSPS) is 17.7. The van der Waals surface area contributed by atoms with Crippen molar-refractivity contribution in [2.75, 3.05) is 13.1 Å². The number of aliphatic hydroxyl groups excluding tert-OH is 1. The molecule has 0 aromatic rings. The molecule has 7 heteroatoms. The highest BCUT2D eigenvalue weighted by Crippen LogP contribution is 2.26. The molecule has 0 bridgehead atoms. The lowest BCUT2D eigenvalue weighted by Gasteiger charge is -2.33. The second-order valence-electron chi connectivity index (χ2n) is 6.43. The molecule has 0 saturated carbocycles. The molecule has 1 heterocycles. The number of carboxylic acids is 1. The van der Waals surface area contributed by atoms with E-state index in [-0.39, 0.29) is 23.0 Å². The van der Waals surface area contributed by atoms with E-state index >= 15 is 0 Å². The number of carboxylic acid groups (broad SMARTS) is 1. The highest BCUT2D eigenvalue weighted by molar-refractivity contribution is 6.17. The molecule has 0 aliphatic carbocycles. The number of nitrogens with one attached hydrogen (secondary N) is 1. The molecule has 124 valence electrons. The highest BCUT2D eigenvalue weighted by Gasteiger charge is 2.31. The van der Waals surface area contributed by atoms with Crippen molar-refractivity contribution in [2.45, 2.75) is 46.1 Å². The Kier molecular flexibility index (Phi) is 5.57. The topological polar surface area (TPSA) is 111 Å². The van der Waals surface area contributed by atoms with Crippen molar-refractivity contribution < 1.29 is 24.5 Å². The van der Waals surface area contributed by atoms with Crippen LogP contribution in [-0.4, -0.2) is 51.6 Å². The summed E-state index contributed by atoms with van der Waals surface area (Å²) in [6, 6.07) is 0. The maximum Gasteiger partial charge on any atom is 0.410 e. The number of piperidine rings is 1. The number of nitrogens with zero attached hydrogens (tertiary/aromatic N) is 1. The van der Waals surface area contributed by atoms with Gasteiger partial charge in [0.25, 0.3) is 0 Å². The van der Waals surface area contributed by atoms with Crippen LogP contribution in [0.15, 0.2) is 11.3 Å². The Morgan fingerprint density at radius 1 is 1.18 bits per heavy atom. The van der Waals surface area contributed by atoms with Gasteiger partial charge in [0, 0.05) is 24.7 Å². The van der Waals surface area contributed by atoms with Gasteiger partial charge in [0.05, 0.1) is 0 Å².